The first-order valence-corrected chi connectivity index (χ1v) is 8.10. The Balaban J connectivity index is 1.61. The molecule has 1 aliphatic heterocycles. The van der Waals surface area contributed by atoms with Crippen molar-refractivity contribution in [3.63, 3.8) is 0 Å². The molecule has 0 saturated carbocycles. The number of methoxy groups -OCH3 is 1. The van der Waals surface area contributed by atoms with Gasteiger partial charge in [-0.25, -0.2) is 9.78 Å². The fourth-order valence-corrected chi connectivity index (χ4v) is 2.61. The summed E-state index contributed by atoms with van der Waals surface area (Å²) in [6.45, 7) is 3.61. The van der Waals surface area contributed by atoms with Crippen molar-refractivity contribution in [1.82, 2.24) is 15.2 Å². The van der Waals surface area contributed by atoms with Crippen LogP contribution < -0.4 is 19.5 Å². The molecule has 25 heavy (non-hydrogen) atoms. The Kier molecular flexibility index (Phi) is 5.23. The van der Waals surface area contributed by atoms with Crippen molar-refractivity contribution < 1.29 is 19.0 Å². The van der Waals surface area contributed by atoms with E-state index in [-0.39, 0.29) is 12.8 Å². The highest BCUT2D eigenvalue weighted by Gasteiger charge is 2.17. The Morgan fingerprint density at radius 2 is 2.16 bits per heavy atom. The molecule has 0 fully saturated rings. The van der Waals surface area contributed by atoms with Crippen LogP contribution in [-0.2, 0) is 13.1 Å². The topological polar surface area (TPSA) is 72.9 Å². The van der Waals surface area contributed by atoms with Gasteiger partial charge in [0.1, 0.15) is 0 Å². The summed E-state index contributed by atoms with van der Waals surface area (Å²) in [7, 11) is 1.56. The molecule has 132 valence electrons. The van der Waals surface area contributed by atoms with Crippen LogP contribution in [0.15, 0.2) is 36.5 Å². The molecule has 0 aliphatic carbocycles. The average molecular weight is 343 g/mol. The fourth-order valence-electron chi connectivity index (χ4n) is 2.61. The standard InChI is InChI=1S/C18H21N3O4/c1-3-21(11-13-6-7-15-16(9-13)25-12-24-15)18(22)20-10-14-5-4-8-19-17(14)23-2/h4-9H,3,10-12H2,1-2H3,(H,20,22). The third-order valence-corrected chi connectivity index (χ3v) is 3.95. The lowest BCUT2D eigenvalue weighted by molar-refractivity contribution is 0.173. The van der Waals surface area contributed by atoms with Gasteiger partial charge in [-0.1, -0.05) is 12.1 Å². The minimum Gasteiger partial charge on any atom is -0.481 e. The van der Waals surface area contributed by atoms with Crippen LogP contribution in [0.1, 0.15) is 18.1 Å². The quantitative estimate of drug-likeness (QED) is 0.873. The number of hydrogen-bond acceptors (Lipinski definition) is 5. The van der Waals surface area contributed by atoms with Crippen LogP contribution in [0.25, 0.3) is 0 Å². The molecule has 1 N–H and O–H groups in total. The number of pyridine rings is 1. The number of aromatic nitrogens is 1. The van der Waals surface area contributed by atoms with Gasteiger partial charge in [0.25, 0.3) is 0 Å². The fraction of sp³-hybridized carbons (Fsp3) is 0.333. The number of amides is 2. The van der Waals surface area contributed by atoms with Crippen molar-refractivity contribution >= 4 is 6.03 Å². The van der Waals surface area contributed by atoms with Crippen molar-refractivity contribution in [3.05, 3.63) is 47.7 Å². The molecule has 0 atom stereocenters. The zero-order valence-corrected chi connectivity index (χ0v) is 14.3. The molecule has 0 spiro atoms. The number of hydrogen-bond donors (Lipinski definition) is 1. The number of rotatable bonds is 6. The predicted octanol–water partition coefficient (Wildman–Crippen LogP) is 2.55. The Labute approximate surface area is 146 Å². The maximum absolute atomic E-state index is 12.5. The maximum Gasteiger partial charge on any atom is 0.317 e. The first-order valence-electron chi connectivity index (χ1n) is 8.10. The number of urea groups is 1. The van der Waals surface area contributed by atoms with Crippen molar-refractivity contribution in [3.8, 4) is 17.4 Å². The number of benzene rings is 1. The summed E-state index contributed by atoms with van der Waals surface area (Å²) < 4.78 is 15.9. The summed E-state index contributed by atoms with van der Waals surface area (Å²) in [5.41, 5.74) is 1.82. The third kappa shape index (κ3) is 3.93. The third-order valence-electron chi connectivity index (χ3n) is 3.95. The van der Waals surface area contributed by atoms with Gasteiger partial charge in [0.05, 0.1) is 7.11 Å². The van der Waals surface area contributed by atoms with Gasteiger partial charge in [-0.15, -0.1) is 0 Å². The van der Waals surface area contributed by atoms with Crippen LogP contribution in [0.5, 0.6) is 17.4 Å². The molecule has 1 aromatic heterocycles. The van der Waals surface area contributed by atoms with Gasteiger partial charge < -0.3 is 24.4 Å². The molecule has 2 amide bonds. The lowest BCUT2D eigenvalue weighted by atomic mass is 10.2. The largest absolute Gasteiger partial charge is 0.481 e. The lowest BCUT2D eigenvalue weighted by Gasteiger charge is -2.22. The van der Waals surface area contributed by atoms with E-state index in [1.807, 2.05) is 37.3 Å². The molecule has 7 heteroatoms. The van der Waals surface area contributed by atoms with Gasteiger partial charge in [0, 0.05) is 31.4 Å². The predicted molar refractivity (Wildman–Crippen MR) is 91.7 cm³/mol. The van der Waals surface area contributed by atoms with Crippen LogP contribution in [0.3, 0.4) is 0 Å². The molecule has 2 heterocycles. The summed E-state index contributed by atoms with van der Waals surface area (Å²) >= 11 is 0. The zero-order valence-electron chi connectivity index (χ0n) is 14.3. The Morgan fingerprint density at radius 3 is 2.96 bits per heavy atom. The van der Waals surface area contributed by atoms with E-state index in [2.05, 4.69) is 10.3 Å². The molecule has 1 aliphatic rings. The van der Waals surface area contributed by atoms with E-state index in [1.54, 1.807) is 18.2 Å². The highest BCUT2D eigenvalue weighted by atomic mass is 16.7. The van der Waals surface area contributed by atoms with Gasteiger partial charge in [-0.2, -0.15) is 0 Å². The second-order valence-corrected chi connectivity index (χ2v) is 5.53. The molecule has 7 nitrogen and oxygen atoms in total. The molecule has 0 unspecified atom stereocenters. The van der Waals surface area contributed by atoms with Crippen LogP contribution in [0.4, 0.5) is 4.79 Å². The van der Waals surface area contributed by atoms with E-state index >= 15 is 0 Å². The second kappa shape index (κ2) is 7.74. The van der Waals surface area contributed by atoms with Crippen molar-refractivity contribution in [1.29, 1.82) is 0 Å². The number of fused-ring (bicyclic) bond motifs is 1. The van der Waals surface area contributed by atoms with E-state index < -0.39 is 0 Å². The van der Waals surface area contributed by atoms with E-state index in [1.165, 1.54) is 0 Å². The van der Waals surface area contributed by atoms with Gasteiger partial charge in [0.2, 0.25) is 12.7 Å². The second-order valence-electron chi connectivity index (χ2n) is 5.53. The maximum atomic E-state index is 12.5. The first kappa shape index (κ1) is 16.9. The Hall–Kier alpha value is -2.96. The van der Waals surface area contributed by atoms with E-state index in [0.717, 1.165) is 16.9 Å². The Morgan fingerprint density at radius 1 is 1.32 bits per heavy atom. The summed E-state index contributed by atoms with van der Waals surface area (Å²) in [6, 6.07) is 9.25. The Bertz CT molecular complexity index is 751. The smallest absolute Gasteiger partial charge is 0.317 e. The van der Waals surface area contributed by atoms with Gasteiger partial charge in [-0.3, -0.25) is 0 Å². The highest BCUT2D eigenvalue weighted by molar-refractivity contribution is 5.74. The molecule has 2 aromatic rings. The summed E-state index contributed by atoms with van der Waals surface area (Å²) in [5, 5.41) is 2.91. The van der Waals surface area contributed by atoms with Crippen molar-refractivity contribution in [2.75, 3.05) is 20.4 Å². The van der Waals surface area contributed by atoms with E-state index in [9.17, 15) is 4.79 Å². The molecular weight excluding hydrogens is 322 g/mol. The monoisotopic (exact) mass is 343 g/mol. The molecule has 0 bridgehead atoms. The zero-order chi connectivity index (χ0) is 17.6. The number of carbonyl (C=O) groups is 1. The molecule has 0 radical (unpaired) electrons. The average Bonchev–Trinajstić information content (AvgIpc) is 3.12. The number of nitrogens with one attached hydrogen (secondary N) is 1. The number of nitrogens with zero attached hydrogens (tertiary/aromatic N) is 2. The van der Waals surface area contributed by atoms with Crippen molar-refractivity contribution in [2.45, 2.75) is 20.0 Å². The van der Waals surface area contributed by atoms with Crippen LogP contribution >= 0.6 is 0 Å². The van der Waals surface area contributed by atoms with E-state index in [4.69, 9.17) is 14.2 Å². The van der Waals surface area contributed by atoms with Gasteiger partial charge >= 0.3 is 6.03 Å². The first-order chi connectivity index (χ1) is 12.2. The lowest BCUT2D eigenvalue weighted by Crippen LogP contribution is -2.39. The minimum absolute atomic E-state index is 0.147. The van der Waals surface area contributed by atoms with Gasteiger partial charge in [0.15, 0.2) is 11.5 Å². The normalized spacial score (nSPS) is 11.9. The molecule has 1 aromatic carbocycles. The molecule has 3 rings (SSSR count). The van der Waals surface area contributed by atoms with Crippen LogP contribution in [0.2, 0.25) is 0 Å². The number of ether oxygens (including phenoxy) is 3. The van der Waals surface area contributed by atoms with Crippen LogP contribution in [-0.4, -0.2) is 36.4 Å². The molecular formula is C18H21N3O4. The summed E-state index contributed by atoms with van der Waals surface area (Å²) in [6.07, 6.45) is 1.65. The minimum atomic E-state index is -0.147. The molecule has 0 saturated heterocycles. The van der Waals surface area contributed by atoms with Crippen molar-refractivity contribution in [2.24, 2.45) is 0 Å². The highest BCUT2D eigenvalue weighted by Crippen LogP contribution is 2.32. The number of carbonyl (C=O) groups excluding carboxylic acids is 1. The van der Waals surface area contributed by atoms with Gasteiger partial charge in [-0.05, 0) is 30.7 Å². The summed E-state index contributed by atoms with van der Waals surface area (Å²) in [4.78, 5) is 18.3. The van der Waals surface area contributed by atoms with Crippen LogP contribution in [0, 0.1) is 0 Å². The SMILES string of the molecule is CCN(Cc1ccc2c(c1)OCO2)C(=O)NCc1cccnc1OC. The summed E-state index contributed by atoms with van der Waals surface area (Å²) in [5.74, 6) is 1.97. The van der Waals surface area contributed by atoms with E-state index in [0.29, 0.717) is 31.3 Å².